The van der Waals surface area contributed by atoms with Crippen LogP contribution in [-0.2, 0) is 4.74 Å². The van der Waals surface area contributed by atoms with Gasteiger partial charge in [-0.2, -0.15) is 5.26 Å². The molecule has 0 amide bonds. The average molecular weight is 185 g/mol. The minimum absolute atomic E-state index is 0.0654. The Bertz CT molecular complexity index is 151. The maximum Gasteiger partial charge on any atom is 0.0716 e. The van der Waals surface area contributed by atoms with Crippen molar-refractivity contribution in [1.29, 1.82) is 5.26 Å². The summed E-state index contributed by atoms with van der Waals surface area (Å²) in [6, 6.07) is 2.02. The van der Waals surface area contributed by atoms with Crippen LogP contribution in [0.1, 0.15) is 26.7 Å². The van der Waals surface area contributed by atoms with E-state index in [-0.39, 0.29) is 12.5 Å². The standard InChI is InChI=1S/C10H19NO2/c1-9(2)3-5-13-6-4-10(7-11)8-12/h9-10,12H,3-6,8H2,1-2H3. The molecule has 0 fully saturated rings. The highest BCUT2D eigenvalue weighted by Gasteiger charge is 2.04. The van der Waals surface area contributed by atoms with Gasteiger partial charge >= 0.3 is 0 Å². The lowest BCUT2D eigenvalue weighted by Gasteiger charge is -2.07. The van der Waals surface area contributed by atoms with Gasteiger partial charge in [0.15, 0.2) is 0 Å². The lowest BCUT2D eigenvalue weighted by Crippen LogP contribution is -2.08. The second-order valence-electron chi connectivity index (χ2n) is 3.59. The van der Waals surface area contributed by atoms with Crippen LogP contribution >= 0.6 is 0 Å². The number of nitrogens with zero attached hydrogens (tertiary/aromatic N) is 1. The van der Waals surface area contributed by atoms with Crippen molar-refractivity contribution in [1.82, 2.24) is 0 Å². The molecule has 0 radical (unpaired) electrons. The summed E-state index contributed by atoms with van der Waals surface area (Å²) >= 11 is 0. The van der Waals surface area contributed by atoms with Crippen LogP contribution in [0.25, 0.3) is 0 Å². The van der Waals surface area contributed by atoms with E-state index in [4.69, 9.17) is 15.1 Å². The van der Waals surface area contributed by atoms with Gasteiger partial charge in [-0.3, -0.25) is 0 Å². The van der Waals surface area contributed by atoms with E-state index in [2.05, 4.69) is 13.8 Å². The molecular formula is C10H19NO2. The van der Waals surface area contributed by atoms with Gasteiger partial charge in [0.05, 0.1) is 18.6 Å². The predicted molar refractivity (Wildman–Crippen MR) is 51.1 cm³/mol. The minimum Gasteiger partial charge on any atom is -0.395 e. The van der Waals surface area contributed by atoms with E-state index in [9.17, 15) is 0 Å². The Balaban J connectivity index is 3.21. The molecule has 0 aliphatic rings. The van der Waals surface area contributed by atoms with Crippen molar-refractivity contribution in [3.63, 3.8) is 0 Å². The summed E-state index contributed by atoms with van der Waals surface area (Å²) < 4.78 is 5.32. The van der Waals surface area contributed by atoms with Crippen LogP contribution in [0.5, 0.6) is 0 Å². The highest BCUT2D eigenvalue weighted by Crippen LogP contribution is 2.02. The number of rotatable bonds is 7. The average Bonchev–Trinajstić information content (AvgIpc) is 2.11. The number of nitriles is 1. The fraction of sp³-hybridized carbons (Fsp3) is 0.900. The Morgan fingerprint density at radius 2 is 1.92 bits per heavy atom. The maximum absolute atomic E-state index is 8.69. The first-order chi connectivity index (χ1) is 6.20. The highest BCUT2D eigenvalue weighted by atomic mass is 16.5. The van der Waals surface area contributed by atoms with Crippen LogP contribution in [0.3, 0.4) is 0 Å². The molecule has 0 heterocycles. The molecule has 1 N–H and O–H groups in total. The molecule has 0 aliphatic carbocycles. The Labute approximate surface area is 80.3 Å². The molecule has 0 saturated heterocycles. The monoisotopic (exact) mass is 185 g/mol. The molecule has 0 aromatic heterocycles. The molecule has 1 unspecified atom stereocenters. The van der Waals surface area contributed by atoms with Crippen LogP contribution in [0, 0.1) is 23.2 Å². The molecule has 0 saturated carbocycles. The molecule has 3 heteroatoms. The Hall–Kier alpha value is -0.590. The normalized spacial score (nSPS) is 12.8. The van der Waals surface area contributed by atoms with Gasteiger partial charge in [0.2, 0.25) is 0 Å². The molecule has 3 nitrogen and oxygen atoms in total. The summed E-state index contributed by atoms with van der Waals surface area (Å²) in [4.78, 5) is 0. The molecule has 13 heavy (non-hydrogen) atoms. The number of ether oxygens (including phenoxy) is 1. The van der Waals surface area contributed by atoms with Crippen LogP contribution in [-0.4, -0.2) is 24.9 Å². The van der Waals surface area contributed by atoms with Crippen molar-refractivity contribution in [2.45, 2.75) is 26.7 Å². The summed E-state index contributed by atoms with van der Waals surface area (Å²) in [6.45, 7) is 5.56. The van der Waals surface area contributed by atoms with E-state index < -0.39 is 0 Å². The molecule has 0 aliphatic heterocycles. The first kappa shape index (κ1) is 12.4. The van der Waals surface area contributed by atoms with Crippen molar-refractivity contribution in [2.75, 3.05) is 19.8 Å². The zero-order valence-corrected chi connectivity index (χ0v) is 8.49. The molecular weight excluding hydrogens is 166 g/mol. The van der Waals surface area contributed by atoms with Crippen molar-refractivity contribution >= 4 is 0 Å². The largest absolute Gasteiger partial charge is 0.395 e. The van der Waals surface area contributed by atoms with Gasteiger partial charge in [-0.05, 0) is 18.8 Å². The van der Waals surface area contributed by atoms with E-state index in [0.29, 0.717) is 18.9 Å². The molecule has 0 aromatic rings. The Morgan fingerprint density at radius 1 is 1.31 bits per heavy atom. The second-order valence-corrected chi connectivity index (χ2v) is 3.59. The van der Waals surface area contributed by atoms with Gasteiger partial charge < -0.3 is 9.84 Å². The van der Waals surface area contributed by atoms with Gasteiger partial charge in [0, 0.05) is 13.2 Å². The number of aliphatic hydroxyl groups is 1. The van der Waals surface area contributed by atoms with E-state index in [0.717, 1.165) is 13.0 Å². The number of hydrogen-bond donors (Lipinski definition) is 1. The van der Waals surface area contributed by atoms with E-state index in [1.54, 1.807) is 0 Å². The number of aliphatic hydroxyl groups excluding tert-OH is 1. The summed E-state index contributed by atoms with van der Waals surface area (Å²) in [5.74, 6) is 0.392. The van der Waals surface area contributed by atoms with E-state index in [1.807, 2.05) is 6.07 Å². The minimum atomic E-state index is -0.265. The van der Waals surface area contributed by atoms with Crippen LogP contribution in [0.2, 0.25) is 0 Å². The quantitative estimate of drug-likeness (QED) is 0.612. The third kappa shape index (κ3) is 7.76. The van der Waals surface area contributed by atoms with Crippen LogP contribution < -0.4 is 0 Å². The van der Waals surface area contributed by atoms with Crippen LogP contribution in [0.4, 0.5) is 0 Å². The van der Waals surface area contributed by atoms with Gasteiger partial charge in [-0.1, -0.05) is 13.8 Å². The van der Waals surface area contributed by atoms with Gasteiger partial charge in [-0.15, -0.1) is 0 Å². The van der Waals surface area contributed by atoms with Gasteiger partial charge in [-0.25, -0.2) is 0 Å². The zero-order valence-electron chi connectivity index (χ0n) is 8.49. The van der Waals surface area contributed by atoms with Crippen LogP contribution in [0.15, 0.2) is 0 Å². The third-order valence-corrected chi connectivity index (χ3v) is 1.85. The van der Waals surface area contributed by atoms with Crippen molar-refractivity contribution in [3.05, 3.63) is 0 Å². The van der Waals surface area contributed by atoms with E-state index >= 15 is 0 Å². The lowest BCUT2D eigenvalue weighted by molar-refractivity contribution is 0.107. The third-order valence-electron chi connectivity index (χ3n) is 1.85. The first-order valence-corrected chi connectivity index (χ1v) is 4.79. The zero-order chi connectivity index (χ0) is 10.1. The fourth-order valence-corrected chi connectivity index (χ4v) is 0.843. The molecule has 1 atom stereocenters. The Morgan fingerprint density at radius 3 is 2.38 bits per heavy atom. The fourth-order valence-electron chi connectivity index (χ4n) is 0.843. The van der Waals surface area contributed by atoms with Crippen molar-refractivity contribution < 1.29 is 9.84 Å². The lowest BCUT2D eigenvalue weighted by atomic mass is 10.1. The second kappa shape index (κ2) is 8.03. The first-order valence-electron chi connectivity index (χ1n) is 4.79. The van der Waals surface area contributed by atoms with Crippen molar-refractivity contribution in [3.8, 4) is 6.07 Å². The number of hydrogen-bond acceptors (Lipinski definition) is 3. The summed E-state index contributed by atoms with van der Waals surface area (Å²) in [7, 11) is 0. The molecule has 0 bridgehead atoms. The molecule has 0 aromatic carbocycles. The highest BCUT2D eigenvalue weighted by molar-refractivity contribution is 4.81. The molecule has 0 rings (SSSR count). The summed E-state index contributed by atoms with van der Waals surface area (Å²) in [5.41, 5.74) is 0. The van der Waals surface area contributed by atoms with Gasteiger partial charge in [0.1, 0.15) is 0 Å². The van der Waals surface area contributed by atoms with Crippen molar-refractivity contribution in [2.24, 2.45) is 11.8 Å². The smallest absolute Gasteiger partial charge is 0.0716 e. The summed E-state index contributed by atoms with van der Waals surface area (Å²) in [6.07, 6.45) is 1.68. The topological polar surface area (TPSA) is 53.2 Å². The predicted octanol–water partition coefficient (Wildman–Crippen LogP) is 1.57. The van der Waals surface area contributed by atoms with Gasteiger partial charge in [0.25, 0.3) is 0 Å². The summed E-state index contributed by atoms with van der Waals surface area (Å²) in [5, 5.41) is 17.2. The van der Waals surface area contributed by atoms with E-state index in [1.165, 1.54) is 0 Å². The molecule has 0 spiro atoms. The Kier molecular flexibility index (Phi) is 7.66. The molecule has 76 valence electrons. The maximum atomic E-state index is 8.69. The SMILES string of the molecule is CC(C)CCOCCC(C#N)CO.